The first-order chi connectivity index (χ1) is 11.2. The molecule has 11 heteroatoms. The third-order valence-electron chi connectivity index (χ3n) is 4.11. The SMILES string of the molecule is COC(=O)[C@@H]1CS[C@@H]2[C@H](O)[C@@H](O)[C@H](O)[C@H](NC(=O)[C@H](C)[NH3+])C(=O)N21. The molecule has 0 spiro atoms. The van der Waals surface area contributed by atoms with Crippen molar-refractivity contribution in [1.29, 1.82) is 0 Å². The summed E-state index contributed by atoms with van der Waals surface area (Å²) in [5.74, 6) is -1.87. The predicted octanol–water partition coefficient (Wildman–Crippen LogP) is -4.36. The molecule has 0 aromatic heterocycles. The molecule has 0 radical (unpaired) electrons. The molecule has 0 saturated carbocycles. The monoisotopic (exact) mass is 364 g/mol. The van der Waals surface area contributed by atoms with Gasteiger partial charge in [0.25, 0.3) is 5.91 Å². The van der Waals surface area contributed by atoms with E-state index in [1.807, 2.05) is 0 Å². The van der Waals surface area contributed by atoms with Gasteiger partial charge in [0.05, 0.1) is 7.11 Å². The highest BCUT2D eigenvalue weighted by Gasteiger charge is 2.54. The van der Waals surface area contributed by atoms with E-state index in [4.69, 9.17) is 0 Å². The Balaban J connectivity index is 2.37. The van der Waals surface area contributed by atoms with Gasteiger partial charge in [0.1, 0.15) is 35.8 Å². The molecular formula is C13H22N3O7S+. The van der Waals surface area contributed by atoms with Crippen LogP contribution in [0.15, 0.2) is 0 Å². The molecule has 0 aromatic carbocycles. The van der Waals surface area contributed by atoms with Gasteiger partial charge >= 0.3 is 5.97 Å². The van der Waals surface area contributed by atoms with E-state index in [1.54, 1.807) is 0 Å². The molecule has 136 valence electrons. The van der Waals surface area contributed by atoms with Gasteiger partial charge in [0, 0.05) is 5.75 Å². The number of carbonyl (C=O) groups excluding carboxylic acids is 3. The number of fused-ring (bicyclic) bond motifs is 1. The van der Waals surface area contributed by atoms with Crippen LogP contribution in [0.4, 0.5) is 0 Å². The predicted molar refractivity (Wildman–Crippen MR) is 81.2 cm³/mol. The van der Waals surface area contributed by atoms with Crippen LogP contribution in [0, 0.1) is 0 Å². The number of aliphatic hydroxyl groups is 3. The Bertz CT molecular complexity index is 532. The molecule has 2 aliphatic heterocycles. The van der Waals surface area contributed by atoms with Crippen molar-refractivity contribution in [3.05, 3.63) is 0 Å². The number of carbonyl (C=O) groups is 3. The van der Waals surface area contributed by atoms with E-state index in [-0.39, 0.29) is 5.75 Å². The van der Waals surface area contributed by atoms with Crippen LogP contribution in [0.5, 0.6) is 0 Å². The summed E-state index contributed by atoms with van der Waals surface area (Å²) in [6.07, 6.45) is -4.87. The second-order valence-corrected chi connectivity index (χ2v) is 7.02. The molecule has 24 heavy (non-hydrogen) atoms. The van der Waals surface area contributed by atoms with Crippen molar-refractivity contribution in [2.45, 2.75) is 48.7 Å². The third-order valence-corrected chi connectivity index (χ3v) is 5.46. The molecule has 2 fully saturated rings. The first kappa shape index (κ1) is 18.9. The van der Waals surface area contributed by atoms with Crippen LogP contribution in [-0.4, -0.2) is 92.7 Å². The van der Waals surface area contributed by atoms with Gasteiger partial charge in [-0.25, -0.2) is 4.79 Å². The van der Waals surface area contributed by atoms with Crippen LogP contribution in [0.1, 0.15) is 6.92 Å². The van der Waals surface area contributed by atoms with E-state index in [2.05, 4.69) is 15.8 Å². The number of nitrogens with one attached hydrogen (secondary N) is 1. The molecule has 2 rings (SSSR count). The second kappa shape index (κ2) is 7.23. The molecule has 0 aromatic rings. The van der Waals surface area contributed by atoms with Crippen LogP contribution in [-0.2, 0) is 19.1 Å². The fourth-order valence-electron chi connectivity index (χ4n) is 2.70. The lowest BCUT2D eigenvalue weighted by Gasteiger charge is -2.30. The summed E-state index contributed by atoms with van der Waals surface area (Å²) >= 11 is 1.09. The molecule has 2 aliphatic rings. The van der Waals surface area contributed by atoms with Crippen LogP contribution in [0.3, 0.4) is 0 Å². The summed E-state index contributed by atoms with van der Waals surface area (Å²) < 4.78 is 4.67. The van der Waals surface area contributed by atoms with Gasteiger partial charge in [0.15, 0.2) is 6.04 Å². The lowest BCUT2D eigenvalue weighted by Crippen LogP contribution is -2.68. The number of rotatable bonds is 3. The van der Waals surface area contributed by atoms with Crippen molar-refractivity contribution in [3.63, 3.8) is 0 Å². The highest BCUT2D eigenvalue weighted by atomic mass is 32.2. The van der Waals surface area contributed by atoms with Crippen molar-refractivity contribution >= 4 is 29.5 Å². The van der Waals surface area contributed by atoms with Gasteiger partial charge in [-0.05, 0) is 6.92 Å². The minimum atomic E-state index is -1.72. The maximum absolute atomic E-state index is 12.8. The fraction of sp³-hybridized carbons (Fsp3) is 0.769. The standard InChI is InChI=1S/C13H21N3O7S/c1-4(14)10(20)15-6-7(17)8(18)9(19)12-16(11(6)21)5(3-24-12)13(22)23-2/h4-9,12,17-19H,3,14H2,1-2H3,(H,15,20)/p+1/t4-,5-,6-,7+,8-,9+,12+/m0/s1. The van der Waals surface area contributed by atoms with Gasteiger partial charge in [-0.2, -0.15) is 0 Å². The number of hydrogen-bond acceptors (Lipinski definition) is 8. The average molecular weight is 364 g/mol. The summed E-state index contributed by atoms with van der Waals surface area (Å²) in [6.45, 7) is 1.50. The largest absolute Gasteiger partial charge is 0.467 e. The molecule has 7 atom stereocenters. The maximum Gasteiger partial charge on any atom is 0.329 e. The molecule has 2 saturated heterocycles. The van der Waals surface area contributed by atoms with Gasteiger partial charge < -0.3 is 36.0 Å². The van der Waals surface area contributed by atoms with Crippen LogP contribution >= 0.6 is 11.8 Å². The zero-order valence-corrected chi connectivity index (χ0v) is 14.1. The van der Waals surface area contributed by atoms with Crippen molar-refractivity contribution < 1.29 is 40.2 Å². The highest BCUT2D eigenvalue weighted by molar-refractivity contribution is 8.00. The number of aliphatic hydroxyl groups excluding tert-OH is 3. The van der Waals surface area contributed by atoms with Gasteiger partial charge in [-0.15, -0.1) is 11.8 Å². The van der Waals surface area contributed by atoms with E-state index in [0.717, 1.165) is 16.7 Å². The number of esters is 1. The second-order valence-electron chi connectivity index (χ2n) is 5.87. The Morgan fingerprint density at radius 2 is 1.96 bits per heavy atom. The Morgan fingerprint density at radius 3 is 2.50 bits per heavy atom. The number of ether oxygens (including phenoxy) is 1. The first-order valence-electron chi connectivity index (χ1n) is 7.40. The van der Waals surface area contributed by atoms with E-state index in [1.165, 1.54) is 14.0 Å². The summed E-state index contributed by atoms with van der Waals surface area (Å²) in [4.78, 5) is 37.6. The Morgan fingerprint density at radius 1 is 1.33 bits per heavy atom. The number of thioether (sulfide) groups is 1. The first-order valence-corrected chi connectivity index (χ1v) is 8.44. The topological polar surface area (TPSA) is 164 Å². The minimum Gasteiger partial charge on any atom is -0.467 e. The molecule has 7 N–H and O–H groups in total. The highest BCUT2D eigenvalue weighted by Crippen LogP contribution is 2.36. The van der Waals surface area contributed by atoms with Gasteiger partial charge in [0.2, 0.25) is 5.91 Å². The third kappa shape index (κ3) is 3.22. The van der Waals surface area contributed by atoms with Gasteiger partial charge in [-0.1, -0.05) is 0 Å². The fourth-order valence-corrected chi connectivity index (χ4v) is 4.15. The molecule has 0 bridgehead atoms. The number of amides is 2. The van der Waals surface area contributed by atoms with Crippen molar-refractivity contribution in [3.8, 4) is 0 Å². The quantitative estimate of drug-likeness (QED) is 0.314. The van der Waals surface area contributed by atoms with Crippen LogP contribution < -0.4 is 11.1 Å². The Hall–Kier alpha value is -1.40. The van der Waals surface area contributed by atoms with Crippen molar-refractivity contribution in [2.75, 3.05) is 12.9 Å². The summed E-state index contributed by atoms with van der Waals surface area (Å²) in [7, 11) is 1.17. The van der Waals surface area contributed by atoms with E-state index < -0.39 is 59.6 Å². The lowest BCUT2D eigenvalue weighted by atomic mass is 10.0. The molecule has 2 heterocycles. The maximum atomic E-state index is 12.8. The summed E-state index contributed by atoms with van der Waals surface area (Å²) in [5, 5.41) is 32.0. The van der Waals surface area contributed by atoms with E-state index in [9.17, 15) is 29.7 Å². The molecule has 0 aliphatic carbocycles. The summed E-state index contributed by atoms with van der Waals surface area (Å²) in [6, 6.07) is -3.17. The number of quaternary nitrogens is 1. The zero-order chi connectivity index (χ0) is 18.2. The molecule has 2 amide bonds. The number of methoxy groups -OCH3 is 1. The summed E-state index contributed by atoms with van der Waals surface area (Å²) in [5.41, 5.74) is 3.53. The Kier molecular flexibility index (Phi) is 5.71. The van der Waals surface area contributed by atoms with Crippen LogP contribution in [0.2, 0.25) is 0 Å². The van der Waals surface area contributed by atoms with E-state index >= 15 is 0 Å². The van der Waals surface area contributed by atoms with Crippen molar-refractivity contribution in [2.24, 2.45) is 0 Å². The number of nitrogens with zero attached hydrogens (tertiary/aromatic N) is 1. The van der Waals surface area contributed by atoms with Crippen molar-refractivity contribution in [1.82, 2.24) is 10.2 Å². The molecular weight excluding hydrogens is 342 g/mol. The molecule has 10 nitrogen and oxygen atoms in total. The van der Waals surface area contributed by atoms with Gasteiger partial charge in [-0.3, -0.25) is 9.59 Å². The normalized spacial score (nSPS) is 37.4. The smallest absolute Gasteiger partial charge is 0.329 e. The minimum absolute atomic E-state index is 0.176. The molecule has 0 unspecified atom stereocenters. The average Bonchev–Trinajstić information content (AvgIpc) is 2.98. The van der Waals surface area contributed by atoms with Crippen LogP contribution in [0.25, 0.3) is 0 Å². The Labute approximate surface area is 142 Å². The lowest BCUT2D eigenvalue weighted by molar-refractivity contribution is -0.398. The zero-order valence-electron chi connectivity index (χ0n) is 13.3. The number of hydrogen-bond donors (Lipinski definition) is 5. The van der Waals surface area contributed by atoms with E-state index in [0.29, 0.717) is 0 Å².